The highest BCUT2D eigenvalue weighted by Gasteiger charge is 2.02. The summed E-state index contributed by atoms with van der Waals surface area (Å²) < 4.78 is 5.26. The van der Waals surface area contributed by atoms with Gasteiger partial charge in [0.25, 0.3) is 0 Å². The molecule has 23 heavy (non-hydrogen) atoms. The smallest absolute Gasteiger partial charge is 0.191 e. The number of nitrogens with one attached hydrogen (secondary N) is 2. The van der Waals surface area contributed by atoms with Crippen molar-refractivity contribution in [2.45, 2.75) is 0 Å². The van der Waals surface area contributed by atoms with E-state index in [1.165, 1.54) is 0 Å². The fraction of sp³-hybridized carbons (Fsp3) is 0.176. The monoisotopic (exact) mass is 328 g/mol. The lowest BCUT2D eigenvalue weighted by atomic mass is 10.2. The molecule has 2 rings (SSSR count). The van der Waals surface area contributed by atoms with Gasteiger partial charge in [-0.15, -0.1) is 0 Å². The predicted octanol–water partition coefficient (Wildman–Crippen LogP) is 3.08. The summed E-state index contributed by atoms with van der Waals surface area (Å²) in [6.45, 7) is 0. The van der Waals surface area contributed by atoms with Crippen LogP contribution in [-0.2, 0) is 0 Å². The summed E-state index contributed by atoms with van der Waals surface area (Å²) >= 11 is 5.22. The molecule has 0 saturated carbocycles. The minimum absolute atomic E-state index is 0.399. The number of thiocarbonyl (C=S) groups is 1. The van der Waals surface area contributed by atoms with Crippen LogP contribution in [0.3, 0.4) is 0 Å². The van der Waals surface area contributed by atoms with Crippen LogP contribution in [0.25, 0.3) is 0 Å². The largest absolute Gasteiger partial charge is 0.495 e. The van der Waals surface area contributed by atoms with Crippen molar-refractivity contribution in [2.75, 3.05) is 31.4 Å². The standard InChI is InChI=1S/C17H20N4OS/c1-21(2)14-10-8-13(9-11-14)12-18-20-17(23)19-15-6-4-5-7-16(15)22-3/h4-12H,1-3H3,(H2,19,20,23). The third kappa shape index (κ3) is 4.96. The molecule has 0 fully saturated rings. The first-order chi connectivity index (χ1) is 11.1. The molecule has 0 bridgehead atoms. The minimum atomic E-state index is 0.399. The molecule has 6 heteroatoms. The van der Waals surface area contributed by atoms with Crippen molar-refractivity contribution in [2.24, 2.45) is 5.10 Å². The first kappa shape index (κ1) is 16.8. The molecule has 0 saturated heterocycles. The van der Waals surface area contributed by atoms with Gasteiger partial charge >= 0.3 is 0 Å². The number of hydrogen-bond acceptors (Lipinski definition) is 4. The van der Waals surface area contributed by atoms with Gasteiger partial charge in [-0.05, 0) is 42.0 Å². The number of ether oxygens (including phenoxy) is 1. The molecular weight excluding hydrogens is 308 g/mol. The van der Waals surface area contributed by atoms with Crippen molar-refractivity contribution in [1.82, 2.24) is 5.43 Å². The molecule has 120 valence electrons. The van der Waals surface area contributed by atoms with E-state index in [-0.39, 0.29) is 0 Å². The zero-order valence-electron chi connectivity index (χ0n) is 13.4. The fourth-order valence-electron chi connectivity index (χ4n) is 1.92. The predicted molar refractivity (Wildman–Crippen MR) is 101 cm³/mol. The third-order valence-electron chi connectivity index (χ3n) is 3.14. The van der Waals surface area contributed by atoms with Crippen LogP contribution in [0.2, 0.25) is 0 Å². The summed E-state index contributed by atoms with van der Waals surface area (Å²) in [5.74, 6) is 0.722. The molecule has 0 atom stereocenters. The van der Waals surface area contributed by atoms with E-state index in [1.807, 2.05) is 67.5 Å². The Kier molecular flexibility index (Phi) is 5.94. The molecule has 0 aliphatic heterocycles. The molecule has 0 aromatic heterocycles. The lowest BCUT2D eigenvalue weighted by Gasteiger charge is -2.12. The van der Waals surface area contributed by atoms with Crippen molar-refractivity contribution in [3.05, 3.63) is 54.1 Å². The topological polar surface area (TPSA) is 48.9 Å². The highest BCUT2D eigenvalue weighted by atomic mass is 32.1. The zero-order chi connectivity index (χ0) is 16.7. The number of hydrazone groups is 1. The van der Waals surface area contributed by atoms with Gasteiger partial charge in [0.2, 0.25) is 0 Å². The van der Waals surface area contributed by atoms with E-state index in [0.717, 1.165) is 22.7 Å². The molecule has 0 aliphatic carbocycles. The second-order valence-electron chi connectivity index (χ2n) is 5.01. The van der Waals surface area contributed by atoms with E-state index >= 15 is 0 Å². The Morgan fingerprint density at radius 1 is 1.13 bits per heavy atom. The molecule has 2 aromatic carbocycles. The summed E-state index contributed by atoms with van der Waals surface area (Å²) in [7, 11) is 5.63. The second kappa shape index (κ2) is 8.14. The molecule has 0 aliphatic rings. The Labute approximate surface area is 142 Å². The van der Waals surface area contributed by atoms with Gasteiger partial charge in [-0.1, -0.05) is 24.3 Å². The number of rotatable bonds is 5. The Morgan fingerprint density at radius 2 is 1.83 bits per heavy atom. The summed E-state index contributed by atoms with van der Waals surface area (Å²) in [5.41, 5.74) is 5.71. The van der Waals surface area contributed by atoms with Gasteiger partial charge in [-0.25, -0.2) is 0 Å². The fourth-order valence-corrected chi connectivity index (χ4v) is 2.08. The maximum Gasteiger partial charge on any atom is 0.191 e. The molecule has 2 aromatic rings. The van der Waals surface area contributed by atoms with Crippen LogP contribution in [0.4, 0.5) is 11.4 Å². The summed E-state index contributed by atoms with van der Waals surface area (Å²) in [6, 6.07) is 15.6. The maximum absolute atomic E-state index is 5.26. The molecule has 0 spiro atoms. The van der Waals surface area contributed by atoms with Crippen molar-refractivity contribution < 1.29 is 4.74 Å². The van der Waals surface area contributed by atoms with Crippen LogP contribution in [0.5, 0.6) is 5.75 Å². The lowest BCUT2D eigenvalue weighted by molar-refractivity contribution is 0.417. The Bertz CT molecular complexity index is 683. The number of nitrogens with zero attached hydrogens (tertiary/aromatic N) is 2. The van der Waals surface area contributed by atoms with Gasteiger partial charge in [-0.3, -0.25) is 5.43 Å². The van der Waals surface area contributed by atoms with E-state index in [9.17, 15) is 0 Å². The third-order valence-corrected chi connectivity index (χ3v) is 3.34. The molecule has 0 amide bonds. The average molecular weight is 328 g/mol. The van der Waals surface area contributed by atoms with Crippen LogP contribution in [0.1, 0.15) is 5.56 Å². The van der Waals surface area contributed by atoms with Crippen LogP contribution in [0.15, 0.2) is 53.6 Å². The molecule has 2 N–H and O–H groups in total. The number of benzene rings is 2. The van der Waals surface area contributed by atoms with Crippen LogP contribution >= 0.6 is 12.2 Å². The molecule has 0 radical (unpaired) electrons. The molecule has 0 heterocycles. The number of methoxy groups -OCH3 is 1. The maximum atomic E-state index is 5.26. The van der Waals surface area contributed by atoms with Crippen molar-refractivity contribution in [3.8, 4) is 5.75 Å². The highest BCUT2D eigenvalue weighted by molar-refractivity contribution is 7.80. The van der Waals surface area contributed by atoms with Gasteiger partial charge in [0.1, 0.15) is 5.75 Å². The van der Waals surface area contributed by atoms with Gasteiger partial charge < -0.3 is 15.0 Å². The number of anilines is 2. The van der Waals surface area contributed by atoms with Gasteiger partial charge in [0.15, 0.2) is 5.11 Å². The number of hydrogen-bond donors (Lipinski definition) is 2. The van der Waals surface area contributed by atoms with Crippen LogP contribution in [0, 0.1) is 0 Å². The molecule has 5 nitrogen and oxygen atoms in total. The van der Waals surface area contributed by atoms with Crippen molar-refractivity contribution >= 4 is 34.9 Å². The van der Waals surface area contributed by atoms with Gasteiger partial charge in [-0.2, -0.15) is 5.10 Å². The normalized spacial score (nSPS) is 10.4. The second-order valence-corrected chi connectivity index (χ2v) is 5.42. The van der Waals surface area contributed by atoms with Crippen molar-refractivity contribution in [1.29, 1.82) is 0 Å². The average Bonchev–Trinajstić information content (AvgIpc) is 2.56. The number of para-hydroxylation sites is 2. The summed E-state index contributed by atoms with van der Waals surface area (Å²) in [6.07, 6.45) is 1.72. The van der Waals surface area contributed by atoms with E-state index in [1.54, 1.807) is 13.3 Å². The minimum Gasteiger partial charge on any atom is -0.495 e. The lowest BCUT2D eigenvalue weighted by Crippen LogP contribution is -2.24. The van der Waals surface area contributed by atoms with Crippen LogP contribution < -0.4 is 20.4 Å². The Morgan fingerprint density at radius 3 is 2.48 bits per heavy atom. The SMILES string of the molecule is COc1ccccc1NC(=S)NN=Cc1ccc(N(C)C)cc1. The van der Waals surface area contributed by atoms with Gasteiger partial charge in [0, 0.05) is 19.8 Å². The van der Waals surface area contributed by atoms with E-state index in [2.05, 4.69) is 15.8 Å². The molecular formula is C17H20N4OS. The van der Waals surface area contributed by atoms with Crippen LogP contribution in [-0.4, -0.2) is 32.5 Å². The van der Waals surface area contributed by atoms with E-state index < -0.39 is 0 Å². The quantitative estimate of drug-likeness (QED) is 0.502. The first-order valence-corrected chi connectivity index (χ1v) is 7.51. The van der Waals surface area contributed by atoms with E-state index in [0.29, 0.717) is 5.11 Å². The van der Waals surface area contributed by atoms with Crippen molar-refractivity contribution in [3.63, 3.8) is 0 Å². The summed E-state index contributed by atoms with van der Waals surface area (Å²) in [5, 5.41) is 7.58. The van der Waals surface area contributed by atoms with E-state index in [4.69, 9.17) is 17.0 Å². The molecule has 0 unspecified atom stereocenters. The Hall–Kier alpha value is -2.60. The zero-order valence-corrected chi connectivity index (χ0v) is 14.2. The Balaban J connectivity index is 1.91. The summed E-state index contributed by atoms with van der Waals surface area (Å²) in [4.78, 5) is 2.05. The first-order valence-electron chi connectivity index (χ1n) is 7.10. The highest BCUT2D eigenvalue weighted by Crippen LogP contribution is 2.22. The van der Waals surface area contributed by atoms with Gasteiger partial charge in [0.05, 0.1) is 19.0 Å².